The van der Waals surface area contributed by atoms with E-state index in [1.54, 1.807) is 0 Å². The second-order valence-electron chi connectivity index (χ2n) is 4.53. The molecule has 0 heterocycles. The largest absolute Gasteiger partial charge is 0.389 e. The first-order valence-electron chi connectivity index (χ1n) is 4.86. The Kier molecular flexibility index (Phi) is 2.62. The normalized spacial score (nSPS) is 37.4. The highest BCUT2D eigenvalue weighted by Gasteiger charge is 2.36. The summed E-state index contributed by atoms with van der Waals surface area (Å²) in [5.74, 6) is 0.950. The molecule has 0 aromatic rings. The summed E-state index contributed by atoms with van der Waals surface area (Å²) in [5.41, 5.74) is 0.751. The molecule has 1 heteroatoms. The Balaban J connectivity index is 2.67. The molecular formula is C11H20O. The topological polar surface area (TPSA) is 20.2 Å². The predicted molar refractivity (Wildman–Crippen MR) is 51.9 cm³/mol. The second-order valence-corrected chi connectivity index (χ2v) is 4.53. The van der Waals surface area contributed by atoms with Crippen molar-refractivity contribution in [2.45, 2.75) is 45.6 Å². The lowest BCUT2D eigenvalue weighted by atomic mass is 9.72. The van der Waals surface area contributed by atoms with Crippen molar-refractivity contribution in [3.05, 3.63) is 12.2 Å². The summed E-state index contributed by atoms with van der Waals surface area (Å²) in [5, 5.41) is 10.2. The van der Waals surface area contributed by atoms with Crippen molar-refractivity contribution in [1.82, 2.24) is 0 Å². The van der Waals surface area contributed by atoms with Gasteiger partial charge in [-0.05, 0) is 31.1 Å². The lowest BCUT2D eigenvalue weighted by Crippen LogP contribution is -2.39. The number of rotatable bonds is 1. The molecule has 0 aliphatic heterocycles. The highest BCUT2D eigenvalue weighted by atomic mass is 16.3. The molecule has 0 spiro atoms. The van der Waals surface area contributed by atoms with Crippen LogP contribution in [0, 0.1) is 11.8 Å². The van der Waals surface area contributed by atoms with Crippen LogP contribution >= 0.6 is 0 Å². The van der Waals surface area contributed by atoms with Gasteiger partial charge in [0.05, 0.1) is 5.60 Å². The molecule has 12 heavy (non-hydrogen) atoms. The van der Waals surface area contributed by atoms with Crippen LogP contribution in [-0.4, -0.2) is 10.7 Å². The zero-order valence-electron chi connectivity index (χ0n) is 8.43. The highest BCUT2D eigenvalue weighted by molar-refractivity contribution is 5.09. The summed E-state index contributed by atoms with van der Waals surface area (Å²) >= 11 is 0. The van der Waals surface area contributed by atoms with Crippen LogP contribution in [0.4, 0.5) is 0 Å². The summed E-state index contributed by atoms with van der Waals surface area (Å²) in [6.45, 7) is 10.4. The fraction of sp³-hybridized carbons (Fsp3) is 0.818. The van der Waals surface area contributed by atoms with Crippen LogP contribution in [-0.2, 0) is 0 Å². The molecule has 0 aromatic carbocycles. The fourth-order valence-electron chi connectivity index (χ4n) is 1.82. The summed E-state index contributed by atoms with van der Waals surface area (Å²) in [6, 6.07) is 0. The maximum atomic E-state index is 10.2. The standard InChI is InChI=1S/C11H20O/c1-8(2)11(12)6-5-9(3)10(4)7-11/h8-9,12H,4-7H2,1-3H3. The molecule has 1 rings (SSSR count). The van der Waals surface area contributed by atoms with E-state index in [4.69, 9.17) is 0 Å². The summed E-state index contributed by atoms with van der Waals surface area (Å²) in [4.78, 5) is 0. The van der Waals surface area contributed by atoms with Crippen molar-refractivity contribution >= 4 is 0 Å². The molecule has 1 saturated carbocycles. The van der Waals surface area contributed by atoms with E-state index in [-0.39, 0.29) is 0 Å². The average molecular weight is 168 g/mol. The van der Waals surface area contributed by atoms with E-state index in [1.807, 2.05) is 0 Å². The second kappa shape index (κ2) is 3.21. The van der Waals surface area contributed by atoms with E-state index in [1.165, 1.54) is 5.57 Å². The van der Waals surface area contributed by atoms with E-state index >= 15 is 0 Å². The Labute approximate surface area is 75.5 Å². The Hall–Kier alpha value is -0.300. The minimum atomic E-state index is -0.469. The minimum absolute atomic E-state index is 0.349. The molecule has 1 N–H and O–H groups in total. The van der Waals surface area contributed by atoms with Crippen LogP contribution in [0.5, 0.6) is 0 Å². The van der Waals surface area contributed by atoms with E-state index in [9.17, 15) is 5.11 Å². The molecule has 70 valence electrons. The first kappa shape index (κ1) is 9.79. The molecule has 2 unspecified atom stereocenters. The lowest BCUT2D eigenvalue weighted by molar-refractivity contribution is -0.0290. The van der Waals surface area contributed by atoms with E-state index in [2.05, 4.69) is 27.4 Å². The quantitative estimate of drug-likeness (QED) is 0.597. The van der Waals surface area contributed by atoms with Crippen LogP contribution in [0.3, 0.4) is 0 Å². The zero-order chi connectivity index (χ0) is 9.35. The molecule has 1 aliphatic carbocycles. The fourth-order valence-corrected chi connectivity index (χ4v) is 1.82. The van der Waals surface area contributed by atoms with Gasteiger partial charge in [0, 0.05) is 0 Å². The molecule has 0 saturated heterocycles. The Morgan fingerprint density at radius 1 is 1.58 bits per heavy atom. The van der Waals surface area contributed by atoms with Crippen LogP contribution < -0.4 is 0 Å². The smallest absolute Gasteiger partial charge is 0.0707 e. The monoisotopic (exact) mass is 168 g/mol. The minimum Gasteiger partial charge on any atom is -0.389 e. The third-order valence-corrected chi connectivity index (χ3v) is 3.32. The number of aliphatic hydroxyl groups is 1. The van der Waals surface area contributed by atoms with Crippen molar-refractivity contribution in [2.24, 2.45) is 11.8 Å². The summed E-state index contributed by atoms with van der Waals surface area (Å²) in [6.07, 6.45) is 2.82. The Bertz CT molecular complexity index is 183. The van der Waals surface area contributed by atoms with Crippen molar-refractivity contribution in [3.8, 4) is 0 Å². The summed E-state index contributed by atoms with van der Waals surface area (Å²) < 4.78 is 0. The van der Waals surface area contributed by atoms with Gasteiger partial charge in [0.1, 0.15) is 0 Å². The molecule has 0 amide bonds. The molecule has 0 aromatic heterocycles. The van der Waals surface area contributed by atoms with Crippen molar-refractivity contribution in [3.63, 3.8) is 0 Å². The zero-order valence-corrected chi connectivity index (χ0v) is 8.43. The van der Waals surface area contributed by atoms with Crippen LogP contribution in [0.25, 0.3) is 0 Å². The molecule has 1 fully saturated rings. The first-order chi connectivity index (χ1) is 5.46. The molecule has 0 bridgehead atoms. The number of hydrogen-bond acceptors (Lipinski definition) is 1. The van der Waals surface area contributed by atoms with Crippen molar-refractivity contribution < 1.29 is 5.11 Å². The van der Waals surface area contributed by atoms with Crippen LogP contribution in [0.1, 0.15) is 40.0 Å². The van der Waals surface area contributed by atoms with Crippen molar-refractivity contribution in [1.29, 1.82) is 0 Å². The molecular weight excluding hydrogens is 148 g/mol. The summed E-state index contributed by atoms with van der Waals surface area (Å²) in [7, 11) is 0. The van der Waals surface area contributed by atoms with Gasteiger partial charge in [0.15, 0.2) is 0 Å². The van der Waals surface area contributed by atoms with Gasteiger partial charge < -0.3 is 5.11 Å². The predicted octanol–water partition coefficient (Wildman–Crippen LogP) is 2.75. The van der Waals surface area contributed by atoms with E-state index in [0.29, 0.717) is 11.8 Å². The Morgan fingerprint density at radius 2 is 2.17 bits per heavy atom. The van der Waals surface area contributed by atoms with Gasteiger partial charge in [-0.2, -0.15) is 0 Å². The lowest BCUT2D eigenvalue weighted by Gasteiger charge is -2.39. The van der Waals surface area contributed by atoms with E-state index in [0.717, 1.165) is 19.3 Å². The maximum Gasteiger partial charge on any atom is 0.0707 e. The van der Waals surface area contributed by atoms with Gasteiger partial charge in [0.2, 0.25) is 0 Å². The van der Waals surface area contributed by atoms with Crippen LogP contribution in [0.15, 0.2) is 12.2 Å². The molecule has 1 nitrogen and oxygen atoms in total. The third-order valence-electron chi connectivity index (χ3n) is 3.32. The van der Waals surface area contributed by atoms with Gasteiger partial charge in [-0.1, -0.05) is 32.9 Å². The van der Waals surface area contributed by atoms with Gasteiger partial charge in [-0.3, -0.25) is 0 Å². The first-order valence-corrected chi connectivity index (χ1v) is 4.86. The van der Waals surface area contributed by atoms with Gasteiger partial charge in [-0.15, -0.1) is 0 Å². The van der Waals surface area contributed by atoms with E-state index < -0.39 is 5.60 Å². The van der Waals surface area contributed by atoms with Crippen LogP contribution in [0.2, 0.25) is 0 Å². The molecule has 0 radical (unpaired) electrons. The highest BCUT2D eigenvalue weighted by Crippen LogP contribution is 2.39. The van der Waals surface area contributed by atoms with Gasteiger partial charge in [0.25, 0.3) is 0 Å². The third kappa shape index (κ3) is 1.71. The SMILES string of the molecule is C=C1CC(O)(C(C)C)CCC1C. The average Bonchev–Trinajstić information content (AvgIpc) is 1.97. The molecule has 2 atom stereocenters. The number of hydrogen-bond donors (Lipinski definition) is 1. The van der Waals surface area contributed by atoms with Gasteiger partial charge in [-0.25, -0.2) is 0 Å². The van der Waals surface area contributed by atoms with Crippen molar-refractivity contribution in [2.75, 3.05) is 0 Å². The maximum absolute atomic E-state index is 10.2. The van der Waals surface area contributed by atoms with Gasteiger partial charge >= 0.3 is 0 Å². The Morgan fingerprint density at radius 3 is 2.58 bits per heavy atom. The molecule has 1 aliphatic rings.